The highest BCUT2D eigenvalue weighted by atomic mass is 127. The molecule has 6 nitrogen and oxygen atoms in total. The van der Waals surface area contributed by atoms with Gasteiger partial charge in [-0.25, -0.2) is 4.39 Å². The van der Waals surface area contributed by atoms with Gasteiger partial charge < -0.3 is 20.1 Å². The lowest BCUT2D eigenvalue weighted by Gasteiger charge is -2.15. The van der Waals surface area contributed by atoms with E-state index < -0.39 is 5.82 Å². The summed E-state index contributed by atoms with van der Waals surface area (Å²) in [6, 6.07) is 16.2. The Bertz CT molecular complexity index is 986. The standard InChI is InChI=1S/C23H25FN4O2.HI/c1-3-29-21-9-5-4-7-18(21)15-28-23(25-2)27-14-17-10-11-22(20(24)13-17)30-19-8-6-12-26-16-19;/h4-13,16H,3,14-15H2,1-2H3,(H2,25,27,28);1H. The van der Waals surface area contributed by atoms with Crippen molar-refractivity contribution in [2.45, 2.75) is 20.0 Å². The SMILES string of the molecule is CCOc1ccccc1CNC(=NC)NCc1ccc(Oc2cccnc2)c(F)c1.I. The molecule has 0 saturated heterocycles. The first-order valence-electron chi connectivity index (χ1n) is 9.71. The molecule has 0 bridgehead atoms. The van der Waals surface area contributed by atoms with Crippen LogP contribution in [0.3, 0.4) is 0 Å². The zero-order valence-corrected chi connectivity index (χ0v) is 19.8. The lowest BCUT2D eigenvalue weighted by Crippen LogP contribution is -2.36. The van der Waals surface area contributed by atoms with Gasteiger partial charge in [0, 0.05) is 31.9 Å². The van der Waals surface area contributed by atoms with E-state index in [9.17, 15) is 4.39 Å². The van der Waals surface area contributed by atoms with Crippen LogP contribution in [0, 0.1) is 5.82 Å². The Balaban J connectivity index is 0.00000341. The molecule has 1 heterocycles. The second kappa shape index (κ2) is 12.7. The Morgan fingerprint density at radius 3 is 2.55 bits per heavy atom. The maximum atomic E-state index is 14.4. The fourth-order valence-electron chi connectivity index (χ4n) is 2.80. The van der Waals surface area contributed by atoms with Gasteiger partial charge >= 0.3 is 0 Å². The average Bonchev–Trinajstić information content (AvgIpc) is 2.77. The molecule has 1 aromatic heterocycles. The minimum Gasteiger partial charge on any atom is -0.494 e. The van der Waals surface area contributed by atoms with E-state index in [2.05, 4.69) is 20.6 Å². The van der Waals surface area contributed by atoms with Crippen molar-refractivity contribution in [3.63, 3.8) is 0 Å². The summed E-state index contributed by atoms with van der Waals surface area (Å²) in [5.41, 5.74) is 1.80. The molecule has 31 heavy (non-hydrogen) atoms. The number of ether oxygens (including phenoxy) is 2. The van der Waals surface area contributed by atoms with E-state index >= 15 is 0 Å². The molecule has 0 aliphatic rings. The van der Waals surface area contributed by atoms with Gasteiger partial charge in [-0.2, -0.15) is 0 Å². The highest BCUT2D eigenvalue weighted by Crippen LogP contribution is 2.24. The van der Waals surface area contributed by atoms with E-state index in [-0.39, 0.29) is 29.7 Å². The summed E-state index contributed by atoms with van der Waals surface area (Å²) in [4.78, 5) is 8.17. The van der Waals surface area contributed by atoms with Gasteiger partial charge in [0.15, 0.2) is 17.5 Å². The summed E-state index contributed by atoms with van der Waals surface area (Å²) < 4.78 is 25.6. The zero-order chi connectivity index (χ0) is 21.2. The first-order chi connectivity index (χ1) is 14.7. The lowest BCUT2D eigenvalue weighted by molar-refractivity contribution is 0.336. The molecule has 0 spiro atoms. The van der Waals surface area contributed by atoms with Crippen molar-refractivity contribution in [2.24, 2.45) is 4.99 Å². The quantitative estimate of drug-likeness (QED) is 0.244. The largest absolute Gasteiger partial charge is 0.494 e. The number of aromatic nitrogens is 1. The number of rotatable bonds is 8. The van der Waals surface area contributed by atoms with Gasteiger partial charge in [-0.15, -0.1) is 24.0 Å². The van der Waals surface area contributed by atoms with Crippen LogP contribution in [0.15, 0.2) is 72.0 Å². The van der Waals surface area contributed by atoms with Crippen LogP contribution in [0.4, 0.5) is 4.39 Å². The molecule has 164 valence electrons. The van der Waals surface area contributed by atoms with Gasteiger partial charge in [0.2, 0.25) is 0 Å². The number of aliphatic imine (C=N–C) groups is 1. The molecule has 0 aliphatic heterocycles. The molecule has 0 atom stereocenters. The van der Waals surface area contributed by atoms with Crippen molar-refractivity contribution in [3.8, 4) is 17.2 Å². The van der Waals surface area contributed by atoms with E-state index in [0.717, 1.165) is 16.9 Å². The van der Waals surface area contributed by atoms with E-state index in [1.54, 1.807) is 37.5 Å². The van der Waals surface area contributed by atoms with Crippen LogP contribution in [-0.2, 0) is 13.1 Å². The van der Waals surface area contributed by atoms with Crippen LogP contribution in [0.5, 0.6) is 17.2 Å². The average molecular weight is 536 g/mol. The second-order valence-electron chi connectivity index (χ2n) is 6.38. The van der Waals surface area contributed by atoms with Crippen molar-refractivity contribution in [2.75, 3.05) is 13.7 Å². The molecule has 2 N–H and O–H groups in total. The van der Waals surface area contributed by atoms with Gasteiger partial charge in [-0.05, 0) is 42.8 Å². The number of hydrogen-bond donors (Lipinski definition) is 2. The molecular formula is C23H26FIN4O2. The number of benzene rings is 2. The molecule has 2 aromatic carbocycles. The van der Waals surface area contributed by atoms with Crippen molar-refractivity contribution >= 4 is 29.9 Å². The zero-order valence-electron chi connectivity index (χ0n) is 17.5. The monoisotopic (exact) mass is 536 g/mol. The minimum atomic E-state index is -0.438. The number of halogens is 2. The van der Waals surface area contributed by atoms with Crippen molar-refractivity contribution in [3.05, 3.63) is 83.9 Å². The summed E-state index contributed by atoms with van der Waals surface area (Å²) in [6.45, 7) is 3.53. The van der Waals surface area contributed by atoms with E-state index in [1.165, 1.54) is 12.3 Å². The maximum absolute atomic E-state index is 14.4. The van der Waals surface area contributed by atoms with Gasteiger partial charge in [-0.3, -0.25) is 9.98 Å². The molecule has 0 amide bonds. The van der Waals surface area contributed by atoms with Crippen molar-refractivity contribution < 1.29 is 13.9 Å². The number of guanidine groups is 1. The van der Waals surface area contributed by atoms with Crippen LogP contribution < -0.4 is 20.1 Å². The molecule has 3 aromatic rings. The normalized spacial score (nSPS) is 10.7. The summed E-state index contributed by atoms with van der Waals surface area (Å²) in [7, 11) is 1.69. The topological polar surface area (TPSA) is 67.8 Å². The Kier molecular flexibility index (Phi) is 10.0. The van der Waals surface area contributed by atoms with E-state index in [1.807, 2.05) is 31.2 Å². The molecule has 0 saturated carbocycles. The van der Waals surface area contributed by atoms with Crippen LogP contribution >= 0.6 is 24.0 Å². The highest BCUT2D eigenvalue weighted by molar-refractivity contribution is 14.0. The second-order valence-corrected chi connectivity index (χ2v) is 6.38. The smallest absolute Gasteiger partial charge is 0.191 e. The first kappa shape index (κ1) is 24.4. The Morgan fingerprint density at radius 2 is 1.84 bits per heavy atom. The molecule has 0 radical (unpaired) electrons. The van der Waals surface area contributed by atoms with Crippen LogP contribution in [-0.4, -0.2) is 24.6 Å². The molecule has 3 rings (SSSR count). The van der Waals surface area contributed by atoms with E-state index in [0.29, 0.717) is 31.4 Å². The fourth-order valence-corrected chi connectivity index (χ4v) is 2.80. The van der Waals surface area contributed by atoms with Gasteiger partial charge in [0.25, 0.3) is 0 Å². The third-order valence-electron chi connectivity index (χ3n) is 4.26. The molecule has 8 heteroatoms. The predicted octanol–water partition coefficient (Wildman–Crippen LogP) is 4.89. The Hall–Kier alpha value is -2.88. The van der Waals surface area contributed by atoms with Gasteiger partial charge in [-0.1, -0.05) is 24.3 Å². The third-order valence-corrected chi connectivity index (χ3v) is 4.26. The van der Waals surface area contributed by atoms with Crippen LogP contribution in [0.25, 0.3) is 0 Å². The highest BCUT2D eigenvalue weighted by Gasteiger charge is 2.08. The summed E-state index contributed by atoms with van der Waals surface area (Å²) in [6.07, 6.45) is 3.17. The number of para-hydroxylation sites is 1. The molecular weight excluding hydrogens is 510 g/mol. The van der Waals surface area contributed by atoms with Crippen LogP contribution in [0.1, 0.15) is 18.1 Å². The molecule has 0 unspecified atom stereocenters. The fraction of sp³-hybridized carbons (Fsp3) is 0.217. The summed E-state index contributed by atoms with van der Waals surface area (Å²) in [5, 5.41) is 6.43. The van der Waals surface area contributed by atoms with Gasteiger partial charge in [0.1, 0.15) is 11.5 Å². The van der Waals surface area contributed by atoms with Crippen LogP contribution in [0.2, 0.25) is 0 Å². The minimum absolute atomic E-state index is 0. The third kappa shape index (κ3) is 7.39. The molecule has 0 aliphatic carbocycles. The number of nitrogens with zero attached hydrogens (tertiary/aromatic N) is 2. The summed E-state index contributed by atoms with van der Waals surface area (Å²) >= 11 is 0. The molecule has 0 fully saturated rings. The van der Waals surface area contributed by atoms with E-state index in [4.69, 9.17) is 9.47 Å². The first-order valence-corrected chi connectivity index (χ1v) is 9.71. The Morgan fingerprint density at radius 1 is 1.03 bits per heavy atom. The number of pyridine rings is 1. The van der Waals surface area contributed by atoms with Crippen molar-refractivity contribution in [1.82, 2.24) is 15.6 Å². The van der Waals surface area contributed by atoms with Gasteiger partial charge in [0.05, 0.1) is 12.8 Å². The Labute approximate surface area is 198 Å². The lowest BCUT2D eigenvalue weighted by atomic mass is 10.2. The maximum Gasteiger partial charge on any atom is 0.191 e. The summed E-state index contributed by atoms with van der Waals surface area (Å²) in [5.74, 6) is 1.65. The number of nitrogens with one attached hydrogen (secondary N) is 2. The predicted molar refractivity (Wildman–Crippen MR) is 131 cm³/mol. The number of hydrogen-bond acceptors (Lipinski definition) is 4. The van der Waals surface area contributed by atoms with Crippen molar-refractivity contribution in [1.29, 1.82) is 0 Å².